The van der Waals surface area contributed by atoms with Crippen LogP contribution in [0.5, 0.6) is 5.75 Å². The summed E-state index contributed by atoms with van der Waals surface area (Å²) in [5.74, 6) is 0.282. The van der Waals surface area contributed by atoms with Gasteiger partial charge in [-0.2, -0.15) is 5.10 Å². The number of hydrogen-bond acceptors (Lipinski definition) is 3. The van der Waals surface area contributed by atoms with Crippen LogP contribution < -0.4 is 10.5 Å². The zero-order valence-electron chi connectivity index (χ0n) is 12.4. The van der Waals surface area contributed by atoms with Gasteiger partial charge in [0.15, 0.2) is 0 Å². The molecule has 1 heterocycles. The number of rotatable bonds is 5. The molecule has 0 spiro atoms. The fourth-order valence-electron chi connectivity index (χ4n) is 2.16. The summed E-state index contributed by atoms with van der Waals surface area (Å²) in [6.07, 6.45) is 0. The van der Waals surface area contributed by atoms with Crippen molar-refractivity contribution in [1.82, 2.24) is 9.78 Å². The average molecular weight is 356 g/mol. The number of aryl methyl sites for hydroxylation is 2. The number of nitrogens with two attached hydrogens (primary N) is 1. The van der Waals surface area contributed by atoms with Crippen LogP contribution in [0.25, 0.3) is 0 Å². The van der Waals surface area contributed by atoms with Gasteiger partial charge in [0.05, 0.1) is 15.9 Å². The van der Waals surface area contributed by atoms with Crippen molar-refractivity contribution in [2.75, 3.05) is 0 Å². The predicted molar refractivity (Wildman–Crippen MR) is 83.7 cm³/mol. The molecule has 0 saturated heterocycles. The summed E-state index contributed by atoms with van der Waals surface area (Å²) in [5, 5.41) is 4.42. The molecular weight excluding hydrogens is 337 g/mol. The van der Waals surface area contributed by atoms with Gasteiger partial charge in [-0.05, 0) is 54.9 Å². The summed E-state index contributed by atoms with van der Waals surface area (Å²) in [6.45, 7) is 6.87. The Morgan fingerprint density at radius 1 is 1.48 bits per heavy atom. The van der Waals surface area contributed by atoms with Gasteiger partial charge in [-0.3, -0.25) is 4.68 Å². The lowest BCUT2D eigenvalue weighted by atomic mass is 10.1. The van der Waals surface area contributed by atoms with E-state index in [1.165, 1.54) is 12.1 Å². The van der Waals surface area contributed by atoms with Crippen LogP contribution in [0.3, 0.4) is 0 Å². The Kier molecular flexibility index (Phi) is 5.00. The maximum Gasteiger partial charge on any atom is 0.131 e. The highest BCUT2D eigenvalue weighted by atomic mass is 79.9. The molecule has 6 heteroatoms. The molecule has 0 bridgehead atoms. The summed E-state index contributed by atoms with van der Waals surface area (Å²) < 4.78 is 22.0. The first-order valence-corrected chi connectivity index (χ1v) is 7.63. The van der Waals surface area contributed by atoms with Gasteiger partial charge in [0.1, 0.15) is 18.2 Å². The number of ether oxygens (including phenoxy) is 1. The molecule has 0 fully saturated rings. The van der Waals surface area contributed by atoms with Crippen molar-refractivity contribution in [2.45, 2.75) is 40.0 Å². The van der Waals surface area contributed by atoms with Crippen molar-refractivity contribution in [3.63, 3.8) is 0 Å². The Labute approximate surface area is 132 Å². The second kappa shape index (κ2) is 6.58. The van der Waals surface area contributed by atoms with Gasteiger partial charge in [0, 0.05) is 18.2 Å². The molecule has 0 saturated carbocycles. The molecule has 1 aromatic carbocycles. The van der Waals surface area contributed by atoms with Crippen LogP contribution in [0.1, 0.15) is 36.8 Å². The Hall–Kier alpha value is -1.40. The predicted octanol–water partition coefficient (Wildman–Crippen LogP) is 3.71. The fourth-order valence-corrected chi connectivity index (χ4v) is 2.56. The molecule has 2 N–H and O–H groups in total. The lowest BCUT2D eigenvalue weighted by Crippen LogP contribution is -2.11. The first-order valence-electron chi connectivity index (χ1n) is 6.83. The number of halogens is 2. The van der Waals surface area contributed by atoms with Gasteiger partial charge < -0.3 is 10.5 Å². The second-order valence-corrected chi connectivity index (χ2v) is 5.71. The zero-order valence-corrected chi connectivity index (χ0v) is 13.9. The number of nitrogens with zero attached hydrogens (tertiary/aromatic N) is 2. The van der Waals surface area contributed by atoms with E-state index in [1.807, 2.05) is 18.5 Å². The third kappa shape index (κ3) is 3.44. The lowest BCUT2D eigenvalue weighted by Gasteiger charge is -2.14. The summed E-state index contributed by atoms with van der Waals surface area (Å²) in [6, 6.07) is 4.11. The van der Waals surface area contributed by atoms with Crippen LogP contribution in [-0.2, 0) is 13.2 Å². The molecule has 4 nitrogen and oxygen atoms in total. The van der Waals surface area contributed by atoms with Crippen molar-refractivity contribution < 1.29 is 9.13 Å². The van der Waals surface area contributed by atoms with Crippen LogP contribution in [0.4, 0.5) is 4.39 Å². The first-order chi connectivity index (χ1) is 9.93. The van der Waals surface area contributed by atoms with E-state index in [1.54, 1.807) is 13.0 Å². The molecule has 1 aromatic heterocycles. The summed E-state index contributed by atoms with van der Waals surface area (Å²) in [5.41, 5.74) is 8.40. The number of benzene rings is 1. The van der Waals surface area contributed by atoms with Crippen molar-refractivity contribution in [1.29, 1.82) is 0 Å². The first kappa shape index (κ1) is 16.0. The van der Waals surface area contributed by atoms with Crippen LogP contribution in [0.15, 0.2) is 22.7 Å². The fraction of sp³-hybridized carbons (Fsp3) is 0.400. The normalized spacial score (nSPS) is 12.5. The smallest absolute Gasteiger partial charge is 0.131 e. The van der Waals surface area contributed by atoms with E-state index < -0.39 is 0 Å². The van der Waals surface area contributed by atoms with E-state index in [4.69, 9.17) is 10.5 Å². The van der Waals surface area contributed by atoms with E-state index in [2.05, 4.69) is 21.0 Å². The Balaban J connectivity index is 2.25. The summed E-state index contributed by atoms with van der Waals surface area (Å²) in [4.78, 5) is 0. The van der Waals surface area contributed by atoms with Crippen LogP contribution >= 0.6 is 15.9 Å². The molecule has 0 aliphatic rings. The Morgan fingerprint density at radius 2 is 2.19 bits per heavy atom. The molecule has 2 rings (SSSR count). The second-order valence-electron chi connectivity index (χ2n) is 4.92. The van der Waals surface area contributed by atoms with Gasteiger partial charge in [-0.1, -0.05) is 0 Å². The van der Waals surface area contributed by atoms with Crippen molar-refractivity contribution in [3.05, 3.63) is 45.4 Å². The highest BCUT2D eigenvalue weighted by Gasteiger charge is 2.15. The molecule has 0 radical (unpaired) electrons. The minimum absolute atomic E-state index is 0.294. The number of aromatic nitrogens is 2. The van der Waals surface area contributed by atoms with Crippen molar-refractivity contribution in [3.8, 4) is 5.75 Å². The SMILES string of the molecule is CCn1nc(C)c(Br)c1COc1ccc(F)cc1[C@@H](C)N. The third-order valence-electron chi connectivity index (χ3n) is 3.28. The number of hydrogen-bond donors (Lipinski definition) is 1. The molecular formula is C15H19BrFN3O. The van der Waals surface area contributed by atoms with Gasteiger partial charge in [0.2, 0.25) is 0 Å². The molecule has 1 atom stereocenters. The molecule has 0 amide bonds. The highest BCUT2D eigenvalue weighted by molar-refractivity contribution is 9.10. The monoisotopic (exact) mass is 355 g/mol. The van der Waals surface area contributed by atoms with Gasteiger partial charge in [-0.25, -0.2) is 4.39 Å². The Morgan fingerprint density at radius 3 is 2.81 bits per heavy atom. The minimum atomic E-state index is -0.315. The lowest BCUT2D eigenvalue weighted by molar-refractivity contribution is 0.287. The van der Waals surface area contributed by atoms with E-state index in [0.717, 1.165) is 22.4 Å². The molecule has 0 unspecified atom stereocenters. The minimum Gasteiger partial charge on any atom is -0.487 e. The quantitative estimate of drug-likeness (QED) is 0.889. The largest absolute Gasteiger partial charge is 0.487 e. The van der Waals surface area contributed by atoms with E-state index in [0.29, 0.717) is 17.9 Å². The maximum atomic E-state index is 13.3. The van der Waals surface area contributed by atoms with Crippen molar-refractivity contribution in [2.24, 2.45) is 5.73 Å². The average Bonchev–Trinajstić information content (AvgIpc) is 2.72. The van der Waals surface area contributed by atoms with Gasteiger partial charge in [-0.15, -0.1) is 0 Å². The summed E-state index contributed by atoms with van der Waals surface area (Å²) in [7, 11) is 0. The molecule has 114 valence electrons. The molecule has 0 aliphatic heterocycles. The topological polar surface area (TPSA) is 53.1 Å². The molecule has 0 aliphatic carbocycles. The molecule has 21 heavy (non-hydrogen) atoms. The van der Waals surface area contributed by atoms with E-state index in [-0.39, 0.29) is 11.9 Å². The third-order valence-corrected chi connectivity index (χ3v) is 4.31. The van der Waals surface area contributed by atoms with Crippen molar-refractivity contribution >= 4 is 15.9 Å². The van der Waals surface area contributed by atoms with Crippen LogP contribution in [-0.4, -0.2) is 9.78 Å². The van der Waals surface area contributed by atoms with Crippen LogP contribution in [0, 0.1) is 12.7 Å². The zero-order chi connectivity index (χ0) is 15.6. The molecule has 2 aromatic rings. The standard InChI is InChI=1S/C15H19BrFN3O/c1-4-20-13(15(16)10(3)19-20)8-21-14-6-5-11(17)7-12(14)9(2)18/h5-7,9H,4,8,18H2,1-3H3/t9-/m1/s1. The van der Waals surface area contributed by atoms with Gasteiger partial charge >= 0.3 is 0 Å². The van der Waals surface area contributed by atoms with Gasteiger partial charge in [0.25, 0.3) is 0 Å². The highest BCUT2D eigenvalue weighted by Crippen LogP contribution is 2.27. The van der Waals surface area contributed by atoms with Crippen LogP contribution in [0.2, 0.25) is 0 Å². The summed E-state index contributed by atoms with van der Waals surface area (Å²) >= 11 is 3.53. The Bertz CT molecular complexity index is 640. The maximum absolute atomic E-state index is 13.3. The van der Waals surface area contributed by atoms with E-state index >= 15 is 0 Å². The van der Waals surface area contributed by atoms with E-state index in [9.17, 15) is 4.39 Å².